The van der Waals surface area contributed by atoms with Gasteiger partial charge >= 0.3 is 0 Å². The lowest BCUT2D eigenvalue weighted by Crippen LogP contribution is -2.30. The average molecular weight is 256 g/mol. The molecule has 1 heterocycles. The summed E-state index contributed by atoms with van der Waals surface area (Å²) in [6, 6.07) is 0.635. The van der Waals surface area contributed by atoms with E-state index in [9.17, 15) is 0 Å². The van der Waals surface area contributed by atoms with Crippen LogP contribution in [-0.2, 0) is 6.54 Å². The third-order valence-corrected chi connectivity index (χ3v) is 3.78. The molecule has 5 heteroatoms. The number of nitrogens with one attached hydrogen (secondary N) is 1. The molecule has 98 valence electrons. The first kappa shape index (κ1) is 14.4. The monoisotopic (exact) mass is 256 g/mol. The number of anilines is 1. The van der Waals surface area contributed by atoms with Gasteiger partial charge in [0.2, 0.25) is 0 Å². The van der Waals surface area contributed by atoms with Crippen LogP contribution < -0.4 is 5.32 Å². The van der Waals surface area contributed by atoms with Gasteiger partial charge in [0.1, 0.15) is 10.7 Å². The van der Waals surface area contributed by atoms with E-state index < -0.39 is 0 Å². The van der Waals surface area contributed by atoms with Crippen LogP contribution in [0.1, 0.15) is 45.7 Å². The van der Waals surface area contributed by atoms with Gasteiger partial charge in [-0.2, -0.15) is 0 Å². The van der Waals surface area contributed by atoms with Crippen LogP contribution in [0.5, 0.6) is 0 Å². The third kappa shape index (κ3) is 4.24. The molecular formula is C12H24N4S. The molecule has 0 aliphatic heterocycles. The SMILES string of the molecule is CCCNc1snnc1CN(C)C(CC)CC. The second kappa shape index (κ2) is 7.61. The Morgan fingerprint density at radius 3 is 2.59 bits per heavy atom. The van der Waals surface area contributed by atoms with E-state index in [0.29, 0.717) is 6.04 Å². The lowest BCUT2D eigenvalue weighted by molar-refractivity contribution is 0.219. The van der Waals surface area contributed by atoms with Gasteiger partial charge in [0.05, 0.1) is 0 Å². The van der Waals surface area contributed by atoms with Crippen molar-refractivity contribution in [1.82, 2.24) is 14.5 Å². The molecule has 0 saturated heterocycles. The predicted octanol–water partition coefficient (Wildman–Crippen LogP) is 2.98. The lowest BCUT2D eigenvalue weighted by atomic mass is 10.1. The van der Waals surface area contributed by atoms with Crippen molar-refractivity contribution in [3.8, 4) is 0 Å². The first-order valence-corrected chi connectivity index (χ1v) is 7.25. The number of hydrogen-bond donors (Lipinski definition) is 1. The molecule has 1 aromatic heterocycles. The van der Waals surface area contributed by atoms with Crippen molar-refractivity contribution in [1.29, 1.82) is 0 Å². The molecule has 0 bridgehead atoms. The van der Waals surface area contributed by atoms with Crippen LogP contribution in [0, 0.1) is 0 Å². The number of hydrogen-bond acceptors (Lipinski definition) is 5. The number of aromatic nitrogens is 2. The fourth-order valence-corrected chi connectivity index (χ4v) is 2.56. The maximum absolute atomic E-state index is 4.22. The molecule has 0 fully saturated rings. The summed E-state index contributed by atoms with van der Waals surface area (Å²) in [5.74, 6) is 0. The minimum atomic E-state index is 0.635. The highest BCUT2D eigenvalue weighted by Crippen LogP contribution is 2.20. The quantitative estimate of drug-likeness (QED) is 0.776. The topological polar surface area (TPSA) is 41.1 Å². The van der Waals surface area contributed by atoms with Crippen molar-refractivity contribution < 1.29 is 0 Å². The second-order valence-electron chi connectivity index (χ2n) is 4.36. The van der Waals surface area contributed by atoms with Crippen LogP contribution in [0.4, 0.5) is 5.00 Å². The summed E-state index contributed by atoms with van der Waals surface area (Å²) in [6.07, 6.45) is 3.49. The van der Waals surface area contributed by atoms with Gasteiger partial charge in [-0.1, -0.05) is 25.3 Å². The fraction of sp³-hybridized carbons (Fsp3) is 0.833. The predicted molar refractivity (Wildman–Crippen MR) is 74.5 cm³/mol. The van der Waals surface area contributed by atoms with E-state index in [-0.39, 0.29) is 0 Å². The first-order chi connectivity index (χ1) is 8.22. The number of nitrogens with zero attached hydrogens (tertiary/aromatic N) is 3. The summed E-state index contributed by atoms with van der Waals surface area (Å²) in [5, 5.41) is 8.74. The molecule has 0 aromatic carbocycles. The van der Waals surface area contributed by atoms with Crippen LogP contribution >= 0.6 is 11.5 Å². The van der Waals surface area contributed by atoms with Crippen molar-refractivity contribution >= 4 is 16.5 Å². The minimum Gasteiger partial charge on any atom is -0.374 e. The Morgan fingerprint density at radius 2 is 2.00 bits per heavy atom. The van der Waals surface area contributed by atoms with Crippen LogP contribution in [-0.4, -0.2) is 34.1 Å². The Labute approximate surface area is 109 Å². The highest BCUT2D eigenvalue weighted by atomic mass is 32.1. The molecule has 1 rings (SSSR count). The van der Waals surface area contributed by atoms with E-state index in [1.165, 1.54) is 24.4 Å². The van der Waals surface area contributed by atoms with Crippen molar-refractivity contribution in [2.24, 2.45) is 0 Å². The Hall–Kier alpha value is -0.680. The molecule has 1 aromatic rings. The molecule has 0 atom stereocenters. The zero-order valence-corrected chi connectivity index (χ0v) is 12.2. The molecule has 0 aliphatic carbocycles. The summed E-state index contributed by atoms with van der Waals surface area (Å²) >= 11 is 1.46. The van der Waals surface area contributed by atoms with Crippen LogP contribution in [0.25, 0.3) is 0 Å². The van der Waals surface area contributed by atoms with E-state index in [2.05, 4.69) is 47.6 Å². The molecule has 4 nitrogen and oxygen atoms in total. The van der Waals surface area contributed by atoms with Gasteiger partial charge in [0, 0.05) is 30.7 Å². The van der Waals surface area contributed by atoms with E-state index in [4.69, 9.17) is 0 Å². The normalized spacial score (nSPS) is 11.4. The molecule has 0 amide bonds. The van der Waals surface area contributed by atoms with Gasteiger partial charge in [-0.15, -0.1) is 5.10 Å². The van der Waals surface area contributed by atoms with E-state index >= 15 is 0 Å². The Bertz CT molecular complexity index is 309. The fourth-order valence-electron chi connectivity index (χ4n) is 1.96. The summed E-state index contributed by atoms with van der Waals surface area (Å²) in [7, 11) is 2.17. The van der Waals surface area contributed by atoms with Gasteiger partial charge in [-0.25, -0.2) is 0 Å². The van der Waals surface area contributed by atoms with Gasteiger partial charge < -0.3 is 5.32 Å². The van der Waals surface area contributed by atoms with Crippen LogP contribution in [0.2, 0.25) is 0 Å². The third-order valence-electron chi connectivity index (χ3n) is 3.06. The maximum Gasteiger partial charge on any atom is 0.134 e. The maximum atomic E-state index is 4.22. The Kier molecular flexibility index (Phi) is 6.44. The summed E-state index contributed by atoms with van der Waals surface area (Å²) in [4.78, 5) is 2.37. The smallest absolute Gasteiger partial charge is 0.134 e. The molecule has 0 spiro atoms. The Morgan fingerprint density at radius 1 is 1.29 bits per heavy atom. The van der Waals surface area contributed by atoms with Gasteiger partial charge in [0.25, 0.3) is 0 Å². The molecule has 0 aliphatic rings. The van der Waals surface area contributed by atoms with Gasteiger partial charge in [-0.05, 0) is 26.3 Å². The first-order valence-electron chi connectivity index (χ1n) is 6.48. The summed E-state index contributed by atoms with van der Waals surface area (Å²) in [6.45, 7) is 8.51. The summed E-state index contributed by atoms with van der Waals surface area (Å²) < 4.78 is 4.04. The van der Waals surface area contributed by atoms with Gasteiger partial charge in [0.15, 0.2) is 0 Å². The lowest BCUT2D eigenvalue weighted by Gasteiger charge is -2.25. The van der Waals surface area contributed by atoms with Crippen LogP contribution in [0.3, 0.4) is 0 Å². The van der Waals surface area contributed by atoms with E-state index in [1.54, 1.807) is 0 Å². The highest BCUT2D eigenvalue weighted by molar-refractivity contribution is 7.10. The zero-order chi connectivity index (χ0) is 12.7. The molecule has 0 saturated carbocycles. The standard InChI is InChI=1S/C12H24N4S/c1-5-8-13-12-11(14-15-17-12)9-16(4)10(6-2)7-3/h10,13H,5-9H2,1-4H3. The molecule has 1 N–H and O–H groups in total. The number of rotatable bonds is 8. The molecule has 0 radical (unpaired) electrons. The van der Waals surface area contributed by atoms with E-state index in [0.717, 1.165) is 30.2 Å². The zero-order valence-electron chi connectivity index (χ0n) is 11.4. The highest BCUT2D eigenvalue weighted by Gasteiger charge is 2.15. The molecule has 17 heavy (non-hydrogen) atoms. The second-order valence-corrected chi connectivity index (χ2v) is 5.12. The van der Waals surface area contributed by atoms with Crippen molar-refractivity contribution in [3.05, 3.63) is 5.69 Å². The molecule has 0 unspecified atom stereocenters. The Balaban J connectivity index is 2.58. The van der Waals surface area contributed by atoms with Gasteiger partial charge in [-0.3, -0.25) is 4.90 Å². The van der Waals surface area contributed by atoms with Crippen molar-refractivity contribution in [2.45, 2.75) is 52.6 Å². The van der Waals surface area contributed by atoms with Crippen LogP contribution in [0.15, 0.2) is 0 Å². The van der Waals surface area contributed by atoms with Crippen molar-refractivity contribution in [3.63, 3.8) is 0 Å². The van der Waals surface area contributed by atoms with E-state index in [1.807, 2.05) is 0 Å². The average Bonchev–Trinajstić information content (AvgIpc) is 2.75. The largest absolute Gasteiger partial charge is 0.374 e. The molecular weight excluding hydrogens is 232 g/mol. The minimum absolute atomic E-state index is 0.635. The van der Waals surface area contributed by atoms with Crippen molar-refractivity contribution in [2.75, 3.05) is 18.9 Å². The summed E-state index contributed by atoms with van der Waals surface area (Å²) in [5.41, 5.74) is 1.08.